The molecular weight excluding hydrogens is 158 g/mol. The van der Waals surface area contributed by atoms with E-state index in [-0.39, 0.29) is 5.92 Å². The summed E-state index contributed by atoms with van der Waals surface area (Å²) in [4.78, 5) is 0. The Labute approximate surface area is 82.1 Å². The first kappa shape index (κ1) is 14.2. The fraction of sp³-hybridized carbons (Fsp3) is 0.417. The minimum Gasteiger partial charge on any atom is -0.198 e. The van der Waals surface area contributed by atoms with Crippen LogP contribution in [-0.4, -0.2) is 0 Å². The van der Waals surface area contributed by atoms with Gasteiger partial charge >= 0.3 is 0 Å². The average molecular weight is 177 g/mol. The van der Waals surface area contributed by atoms with Gasteiger partial charge in [-0.2, -0.15) is 5.26 Å². The summed E-state index contributed by atoms with van der Waals surface area (Å²) in [5, 5.41) is 8.57. The third-order valence-corrected chi connectivity index (χ3v) is 1.41. The monoisotopic (exact) mass is 177 g/mol. The van der Waals surface area contributed by atoms with Crippen LogP contribution in [0.1, 0.15) is 27.7 Å². The second-order valence-electron chi connectivity index (χ2n) is 2.25. The van der Waals surface area contributed by atoms with Crippen molar-refractivity contribution >= 4 is 0 Å². The summed E-state index contributed by atoms with van der Waals surface area (Å²) in [7, 11) is 0. The lowest BCUT2D eigenvalue weighted by Crippen LogP contribution is -1.91. The van der Waals surface area contributed by atoms with E-state index in [0.717, 1.165) is 5.57 Å². The quantitative estimate of drug-likeness (QED) is 0.600. The van der Waals surface area contributed by atoms with Crippen LogP contribution >= 0.6 is 0 Å². The molecule has 0 radical (unpaired) electrons. The summed E-state index contributed by atoms with van der Waals surface area (Å²) >= 11 is 0. The van der Waals surface area contributed by atoms with Gasteiger partial charge in [0.2, 0.25) is 0 Å². The van der Waals surface area contributed by atoms with Gasteiger partial charge in [-0.1, -0.05) is 44.7 Å². The smallest absolute Gasteiger partial charge is 0.0700 e. The minimum atomic E-state index is -0.0660. The molecule has 1 heteroatoms. The van der Waals surface area contributed by atoms with Gasteiger partial charge in [0.25, 0.3) is 0 Å². The Morgan fingerprint density at radius 3 is 2.31 bits per heavy atom. The third kappa shape index (κ3) is 7.08. The lowest BCUT2D eigenvalue weighted by Gasteiger charge is -1.99. The third-order valence-electron chi connectivity index (χ3n) is 1.41. The molecule has 0 amide bonds. The first-order chi connectivity index (χ1) is 6.26. The molecule has 72 valence electrons. The molecule has 0 fully saturated rings. The van der Waals surface area contributed by atoms with Gasteiger partial charge in [-0.25, -0.2) is 0 Å². The maximum Gasteiger partial charge on any atom is 0.0700 e. The number of hydrogen-bond acceptors (Lipinski definition) is 1. The van der Waals surface area contributed by atoms with Crippen molar-refractivity contribution in [2.45, 2.75) is 27.7 Å². The van der Waals surface area contributed by atoms with E-state index < -0.39 is 0 Å². The van der Waals surface area contributed by atoms with Crippen molar-refractivity contribution < 1.29 is 0 Å². The van der Waals surface area contributed by atoms with Gasteiger partial charge in [-0.3, -0.25) is 0 Å². The summed E-state index contributed by atoms with van der Waals surface area (Å²) in [5.74, 6) is -0.0660. The second kappa shape index (κ2) is 10.7. The van der Waals surface area contributed by atoms with E-state index in [1.807, 2.05) is 45.9 Å². The summed E-state index contributed by atoms with van der Waals surface area (Å²) in [6, 6.07) is 2.15. The molecule has 1 nitrogen and oxygen atoms in total. The second-order valence-corrected chi connectivity index (χ2v) is 2.25. The van der Waals surface area contributed by atoms with Crippen LogP contribution < -0.4 is 0 Å². The summed E-state index contributed by atoms with van der Waals surface area (Å²) in [5.41, 5.74) is 0.964. The highest BCUT2D eigenvalue weighted by Crippen LogP contribution is 2.09. The molecule has 13 heavy (non-hydrogen) atoms. The van der Waals surface area contributed by atoms with E-state index in [0.29, 0.717) is 0 Å². The largest absolute Gasteiger partial charge is 0.198 e. The zero-order valence-electron chi connectivity index (χ0n) is 9.04. The first-order valence-corrected chi connectivity index (χ1v) is 4.61. The fourth-order valence-electron chi connectivity index (χ4n) is 0.671. The Bertz CT molecular complexity index is 216. The van der Waals surface area contributed by atoms with Crippen molar-refractivity contribution in [3.05, 3.63) is 36.5 Å². The SMILES string of the molecule is C=C/C(=C\C=C/C)C(C)C#N.CC. The molecular formula is C12H19N. The maximum atomic E-state index is 8.57. The maximum absolute atomic E-state index is 8.57. The van der Waals surface area contributed by atoms with Gasteiger partial charge in [-0.15, -0.1) is 0 Å². The van der Waals surface area contributed by atoms with Gasteiger partial charge in [0.1, 0.15) is 0 Å². The van der Waals surface area contributed by atoms with Crippen molar-refractivity contribution in [3.8, 4) is 6.07 Å². The van der Waals surface area contributed by atoms with E-state index in [4.69, 9.17) is 5.26 Å². The predicted octanol–water partition coefficient (Wildman–Crippen LogP) is 3.86. The minimum absolute atomic E-state index is 0.0660. The molecule has 0 aromatic carbocycles. The molecule has 0 N–H and O–H groups in total. The lowest BCUT2D eigenvalue weighted by molar-refractivity contribution is 0.909. The van der Waals surface area contributed by atoms with Gasteiger partial charge in [0.05, 0.1) is 12.0 Å². The van der Waals surface area contributed by atoms with Crippen LogP contribution in [0.5, 0.6) is 0 Å². The van der Waals surface area contributed by atoms with Crippen LogP contribution in [0, 0.1) is 17.2 Å². The van der Waals surface area contributed by atoms with Gasteiger partial charge < -0.3 is 0 Å². The normalized spacial score (nSPS) is 12.7. The predicted molar refractivity (Wildman–Crippen MR) is 59.2 cm³/mol. The highest BCUT2D eigenvalue weighted by molar-refractivity contribution is 5.27. The zero-order chi connectivity index (χ0) is 10.7. The topological polar surface area (TPSA) is 23.8 Å². The Balaban J connectivity index is 0. The van der Waals surface area contributed by atoms with E-state index in [2.05, 4.69) is 12.6 Å². The number of rotatable bonds is 3. The average Bonchev–Trinajstić information content (AvgIpc) is 2.21. The molecule has 0 heterocycles. The summed E-state index contributed by atoms with van der Waals surface area (Å²) < 4.78 is 0. The molecule has 0 saturated heterocycles. The van der Waals surface area contributed by atoms with Crippen LogP contribution in [0.15, 0.2) is 36.5 Å². The van der Waals surface area contributed by atoms with Crippen LogP contribution in [0.25, 0.3) is 0 Å². The molecule has 1 atom stereocenters. The van der Waals surface area contributed by atoms with Gasteiger partial charge in [-0.05, 0) is 19.4 Å². The standard InChI is InChI=1S/C10H13N.C2H6/c1-4-6-7-10(5-2)9(3)8-11;1-2/h4-7,9H,2H2,1,3H3;1-2H3/b6-4-,10-7+;. The Morgan fingerprint density at radius 1 is 1.46 bits per heavy atom. The van der Waals surface area contributed by atoms with Crippen molar-refractivity contribution in [1.29, 1.82) is 5.26 Å². The fourth-order valence-corrected chi connectivity index (χ4v) is 0.671. The van der Waals surface area contributed by atoms with Crippen molar-refractivity contribution in [1.82, 2.24) is 0 Å². The van der Waals surface area contributed by atoms with Crippen molar-refractivity contribution in [2.24, 2.45) is 5.92 Å². The molecule has 0 saturated carbocycles. The number of allylic oxidation sites excluding steroid dienone is 5. The first-order valence-electron chi connectivity index (χ1n) is 4.61. The van der Waals surface area contributed by atoms with Gasteiger partial charge in [0, 0.05) is 0 Å². The molecule has 0 aliphatic carbocycles. The molecule has 1 unspecified atom stereocenters. The molecule has 0 aliphatic heterocycles. The van der Waals surface area contributed by atoms with Crippen LogP contribution in [0.4, 0.5) is 0 Å². The summed E-state index contributed by atoms with van der Waals surface area (Å²) in [6.07, 6.45) is 7.45. The molecule has 0 aromatic rings. The van der Waals surface area contributed by atoms with Crippen molar-refractivity contribution in [3.63, 3.8) is 0 Å². The number of hydrogen-bond donors (Lipinski definition) is 0. The van der Waals surface area contributed by atoms with Crippen LogP contribution in [-0.2, 0) is 0 Å². The zero-order valence-corrected chi connectivity index (χ0v) is 9.04. The van der Waals surface area contributed by atoms with E-state index in [9.17, 15) is 0 Å². The molecule has 0 aliphatic rings. The molecule has 0 rings (SSSR count). The molecule has 0 spiro atoms. The van der Waals surface area contributed by atoms with E-state index in [1.165, 1.54) is 0 Å². The highest BCUT2D eigenvalue weighted by atomic mass is 14.3. The molecule has 0 bridgehead atoms. The summed E-state index contributed by atoms with van der Waals surface area (Å²) in [6.45, 7) is 11.4. The Kier molecular flexibility index (Phi) is 11.7. The Hall–Kier alpha value is -1.29. The Morgan fingerprint density at radius 2 is 2.00 bits per heavy atom. The highest BCUT2D eigenvalue weighted by Gasteiger charge is 2.00. The number of nitrogens with zero attached hydrogens (tertiary/aromatic N) is 1. The van der Waals surface area contributed by atoms with Crippen LogP contribution in [0.3, 0.4) is 0 Å². The molecule has 0 aromatic heterocycles. The lowest BCUT2D eigenvalue weighted by atomic mass is 10.0. The number of nitriles is 1. The van der Waals surface area contributed by atoms with Gasteiger partial charge in [0.15, 0.2) is 0 Å². The van der Waals surface area contributed by atoms with E-state index >= 15 is 0 Å². The van der Waals surface area contributed by atoms with Crippen molar-refractivity contribution in [2.75, 3.05) is 0 Å². The van der Waals surface area contributed by atoms with Crippen LogP contribution in [0.2, 0.25) is 0 Å². The van der Waals surface area contributed by atoms with E-state index in [1.54, 1.807) is 6.08 Å².